The van der Waals surface area contributed by atoms with Crippen LogP contribution in [-0.2, 0) is 5.41 Å². The number of aromatic nitrogens is 4. The molecule has 3 aromatic heterocycles. The van der Waals surface area contributed by atoms with Gasteiger partial charge in [0.05, 0.1) is 28.5 Å². The highest BCUT2D eigenvalue weighted by atomic mass is 15.0. The highest BCUT2D eigenvalue weighted by Gasteiger charge is 2.35. The Kier molecular flexibility index (Phi) is 9.30. The van der Waals surface area contributed by atoms with Crippen molar-refractivity contribution in [2.75, 3.05) is 0 Å². The third-order valence-corrected chi connectivity index (χ3v) is 13.4. The fourth-order valence-corrected chi connectivity index (χ4v) is 10.1. The van der Waals surface area contributed by atoms with Crippen LogP contribution >= 0.6 is 0 Å². The van der Waals surface area contributed by atoms with Gasteiger partial charge in [-0.1, -0.05) is 184 Å². The van der Waals surface area contributed by atoms with Gasteiger partial charge in [-0.05, 0) is 82.5 Å². The van der Waals surface area contributed by atoms with E-state index < -0.39 is 0 Å². The fourth-order valence-electron chi connectivity index (χ4n) is 10.1. The number of allylic oxidation sites excluding steroid dienone is 5. The number of aliphatic imine (C=N–C) groups is 1. The molecular weight excluding hydrogens is 791 g/mol. The van der Waals surface area contributed by atoms with Crippen molar-refractivity contribution in [3.8, 4) is 67.5 Å². The quantitative estimate of drug-likeness (QED) is 0.161. The van der Waals surface area contributed by atoms with Crippen LogP contribution in [0.3, 0.4) is 0 Å². The van der Waals surface area contributed by atoms with E-state index in [1.165, 1.54) is 33.4 Å². The van der Waals surface area contributed by atoms with E-state index in [1.807, 2.05) is 12.1 Å². The average Bonchev–Trinajstić information content (AvgIpc) is 3.65. The second-order valence-corrected chi connectivity index (χ2v) is 17.9. The molecule has 0 amide bonds. The van der Waals surface area contributed by atoms with Gasteiger partial charge >= 0.3 is 0 Å². The van der Waals surface area contributed by atoms with Crippen molar-refractivity contribution in [2.24, 2.45) is 10.9 Å². The number of fused-ring (bicyclic) bond motifs is 6. The Morgan fingerprint density at radius 1 is 0.508 bits per heavy atom. The maximum absolute atomic E-state index is 5.36. The van der Waals surface area contributed by atoms with Crippen LogP contribution in [0.1, 0.15) is 48.9 Å². The topological polar surface area (TPSA) is 55.4 Å². The fraction of sp³-hybridized carbons (Fsp3) is 0.100. The third-order valence-electron chi connectivity index (χ3n) is 13.4. The maximum atomic E-state index is 5.36. The second-order valence-electron chi connectivity index (χ2n) is 17.9. The molecule has 1 atom stereocenters. The first-order valence-corrected chi connectivity index (χ1v) is 22.5. The lowest BCUT2D eigenvalue weighted by Crippen LogP contribution is -2.15. The van der Waals surface area contributed by atoms with Gasteiger partial charge in [-0.3, -0.25) is 9.39 Å². The summed E-state index contributed by atoms with van der Waals surface area (Å²) in [6.07, 6.45) is 12.7. The number of benzene rings is 6. The smallest absolute Gasteiger partial charge is 0.160 e. The predicted molar refractivity (Wildman–Crippen MR) is 267 cm³/mol. The molecule has 0 saturated heterocycles. The van der Waals surface area contributed by atoms with Gasteiger partial charge in [0.1, 0.15) is 5.65 Å². The summed E-state index contributed by atoms with van der Waals surface area (Å²) in [5.41, 5.74) is 20.7. The third kappa shape index (κ3) is 6.88. The SMILES string of the molecule is CC1(C)c2ccccc2-c2ccc(-c3nc(-c4ccc(C5=C(c6ccccc6)N=C6C=CC=CC(C6)C5)cc4)cc(-c4ccc(-c5c(-c6ccccc6)nc6ccccn56)cc4)n3)cc21. The van der Waals surface area contributed by atoms with Crippen LogP contribution in [0, 0.1) is 5.92 Å². The number of hydrogen-bond donors (Lipinski definition) is 0. The van der Waals surface area contributed by atoms with Crippen molar-refractivity contribution in [3.05, 3.63) is 229 Å². The van der Waals surface area contributed by atoms with Crippen LogP contribution in [-0.4, -0.2) is 25.1 Å². The normalized spacial score (nSPS) is 15.9. The number of pyridine rings is 1. The van der Waals surface area contributed by atoms with Crippen molar-refractivity contribution in [1.29, 1.82) is 0 Å². The Balaban J connectivity index is 0.975. The van der Waals surface area contributed by atoms with Crippen molar-refractivity contribution < 1.29 is 0 Å². The molecule has 65 heavy (non-hydrogen) atoms. The molecular formula is C60H45N5. The first-order chi connectivity index (χ1) is 31.9. The average molecular weight is 836 g/mol. The standard InChI is InChI=1S/C60H45N5/c1-60(2)51-22-12-11-21-48(51)49-33-32-46(37-52(49)60)59-62-53(41-26-24-40(25-27-41)50-36-39-15-9-10-20-47(35-39)61-56(50)43-16-5-3-6-17-43)38-54(63-59)42-28-30-45(31-29-42)58-57(44-18-7-4-8-19-44)64-55-23-13-14-34-65(55)58/h3-34,37-39H,35-36H2,1-2H3. The van der Waals surface area contributed by atoms with Gasteiger partial charge < -0.3 is 0 Å². The summed E-state index contributed by atoms with van der Waals surface area (Å²) in [7, 11) is 0. The highest BCUT2D eigenvalue weighted by Crippen LogP contribution is 2.49. The largest absolute Gasteiger partial charge is 0.299 e. The molecule has 5 heteroatoms. The zero-order valence-corrected chi connectivity index (χ0v) is 36.4. The zero-order chi connectivity index (χ0) is 43.5. The molecule has 9 aromatic rings. The van der Waals surface area contributed by atoms with Crippen LogP contribution in [0.25, 0.3) is 84.5 Å². The van der Waals surface area contributed by atoms with Gasteiger partial charge in [0.2, 0.25) is 0 Å². The minimum absolute atomic E-state index is 0.149. The lowest BCUT2D eigenvalue weighted by atomic mass is 9.82. The lowest BCUT2D eigenvalue weighted by molar-refractivity contribution is 0.660. The molecule has 12 rings (SSSR count). The summed E-state index contributed by atoms with van der Waals surface area (Å²) < 4.78 is 2.18. The number of nitrogens with zero attached hydrogens (tertiary/aromatic N) is 5. The van der Waals surface area contributed by atoms with Gasteiger partial charge in [-0.15, -0.1) is 0 Å². The summed E-state index contributed by atoms with van der Waals surface area (Å²) in [6.45, 7) is 4.64. The van der Waals surface area contributed by atoms with Crippen molar-refractivity contribution in [1.82, 2.24) is 19.4 Å². The van der Waals surface area contributed by atoms with E-state index in [1.54, 1.807) is 0 Å². The molecule has 4 heterocycles. The van der Waals surface area contributed by atoms with Gasteiger partial charge in [0.15, 0.2) is 5.82 Å². The van der Waals surface area contributed by atoms with Gasteiger partial charge in [0, 0.05) is 50.7 Å². The molecule has 1 aliphatic heterocycles. The first-order valence-electron chi connectivity index (χ1n) is 22.5. The Morgan fingerprint density at radius 3 is 1.89 bits per heavy atom. The van der Waals surface area contributed by atoms with E-state index in [-0.39, 0.29) is 5.41 Å². The van der Waals surface area contributed by atoms with E-state index in [0.29, 0.717) is 11.7 Å². The molecule has 1 unspecified atom stereocenters. The van der Waals surface area contributed by atoms with Crippen molar-refractivity contribution >= 4 is 22.6 Å². The molecule has 310 valence electrons. The van der Waals surface area contributed by atoms with Gasteiger partial charge in [0.25, 0.3) is 0 Å². The molecule has 2 aliphatic carbocycles. The van der Waals surface area contributed by atoms with E-state index in [0.717, 1.165) is 86.1 Å². The number of rotatable bonds is 7. The summed E-state index contributed by atoms with van der Waals surface area (Å²) in [4.78, 5) is 21.1. The molecule has 5 nitrogen and oxygen atoms in total. The molecule has 0 radical (unpaired) electrons. The first kappa shape index (κ1) is 38.6. The Hall–Kier alpha value is -8.02. The summed E-state index contributed by atoms with van der Waals surface area (Å²) >= 11 is 0. The van der Waals surface area contributed by atoms with Crippen LogP contribution in [0.4, 0.5) is 0 Å². The molecule has 6 aromatic carbocycles. The van der Waals surface area contributed by atoms with Crippen LogP contribution in [0.5, 0.6) is 0 Å². The summed E-state index contributed by atoms with van der Waals surface area (Å²) in [5, 5.41) is 0. The monoisotopic (exact) mass is 835 g/mol. The van der Waals surface area contributed by atoms with Gasteiger partial charge in [-0.2, -0.15) is 0 Å². The number of imidazole rings is 1. The van der Waals surface area contributed by atoms with E-state index >= 15 is 0 Å². The predicted octanol–water partition coefficient (Wildman–Crippen LogP) is 14.6. The van der Waals surface area contributed by atoms with Crippen molar-refractivity contribution in [3.63, 3.8) is 0 Å². The lowest BCUT2D eigenvalue weighted by Gasteiger charge is -2.22. The second kappa shape index (κ2) is 15.7. The Bertz CT molecular complexity index is 3420. The maximum Gasteiger partial charge on any atom is 0.160 e. The molecule has 0 spiro atoms. The molecule has 2 bridgehead atoms. The summed E-state index contributed by atoms with van der Waals surface area (Å²) in [6, 6.07) is 62.6. The highest BCUT2D eigenvalue weighted by molar-refractivity contribution is 6.04. The molecule has 0 N–H and O–H groups in total. The van der Waals surface area contributed by atoms with Crippen LogP contribution in [0.2, 0.25) is 0 Å². The number of hydrogen-bond acceptors (Lipinski definition) is 4. The molecule has 0 fully saturated rings. The Morgan fingerprint density at radius 2 is 1.14 bits per heavy atom. The van der Waals surface area contributed by atoms with Crippen LogP contribution < -0.4 is 0 Å². The minimum Gasteiger partial charge on any atom is -0.299 e. The van der Waals surface area contributed by atoms with E-state index in [4.69, 9.17) is 19.9 Å². The van der Waals surface area contributed by atoms with Gasteiger partial charge in [-0.25, -0.2) is 15.0 Å². The molecule has 0 saturated carbocycles. The van der Waals surface area contributed by atoms with E-state index in [2.05, 4.69) is 213 Å². The van der Waals surface area contributed by atoms with E-state index in [9.17, 15) is 0 Å². The Labute approximate surface area is 379 Å². The van der Waals surface area contributed by atoms with Crippen LogP contribution in [0.15, 0.2) is 211 Å². The van der Waals surface area contributed by atoms with Crippen molar-refractivity contribution in [2.45, 2.75) is 32.1 Å². The summed E-state index contributed by atoms with van der Waals surface area (Å²) in [5.74, 6) is 1.07. The molecule has 3 aliphatic rings. The minimum atomic E-state index is -0.149. The zero-order valence-electron chi connectivity index (χ0n) is 36.4.